The molecule has 3 aromatic rings. The zero-order valence-corrected chi connectivity index (χ0v) is 17.1. The van der Waals surface area contributed by atoms with Crippen LogP contribution in [0.25, 0.3) is 0 Å². The van der Waals surface area contributed by atoms with E-state index in [1.165, 1.54) is 0 Å². The summed E-state index contributed by atoms with van der Waals surface area (Å²) in [6.07, 6.45) is -0.456. The number of carbonyl (C=O) groups is 1. The Bertz CT molecular complexity index is 1030. The van der Waals surface area contributed by atoms with Crippen LogP contribution in [0.3, 0.4) is 0 Å². The second-order valence-corrected chi connectivity index (χ2v) is 7.86. The van der Waals surface area contributed by atoms with Crippen LogP contribution in [0.15, 0.2) is 78.9 Å². The Hall–Kier alpha value is -3.15. The van der Waals surface area contributed by atoms with Gasteiger partial charge in [-0.05, 0) is 17.2 Å². The lowest BCUT2D eigenvalue weighted by atomic mass is 9.87. The minimum atomic E-state index is -0.705. The number of Topliss-reactive ketones (excluding diaryl/α,β-unsaturated/α-hetero) is 1. The van der Waals surface area contributed by atoms with Gasteiger partial charge in [-0.1, -0.05) is 66.7 Å². The van der Waals surface area contributed by atoms with Crippen LogP contribution in [-0.4, -0.2) is 24.8 Å². The summed E-state index contributed by atoms with van der Waals surface area (Å²) in [7, 11) is 0. The summed E-state index contributed by atoms with van der Waals surface area (Å²) in [5.74, 6) is 1.32. The monoisotopic (exact) mass is 416 g/mol. The Morgan fingerprint density at radius 3 is 2.23 bits per heavy atom. The van der Waals surface area contributed by atoms with E-state index in [9.17, 15) is 4.79 Å². The van der Waals surface area contributed by atoms with Crippen molar-refractivity contribution in [1.82, 2.24) is 0 Å². The molecule has 0 radical (unpaired) electrons. The van der Waals surface area contributed by atoms with Crippen molar-refractivity contribution in [3.05, 3.63) is 95.6 Å². The van der Waals surface area contributed by atoms with Crippen molar-refractivity contribution in [3.63, 3.8) is 0 Å². The molecule has 0 spiro atoms. The summed E-state index contributed by atoms with van der Waals surface area (Å²) in [5.41, 5.74) is 3.12. The number of benzene rings is 3. The fourth-order valence-electron chi connectivity index (χ4n) is 4.07. The molecule has 0 amide bonds. The van der Waals surface area contributed by atoms with Gasteiger partial charge in [0.1, 0.15) is 24.7 Å². The minimum absolute atomic E-state index is 0.0165. The molecule has 2 heterocycles. The standard InChI is InChI=1S/C26H24O5/c27-23-14-22(25-17-30-26(23)31-25)21-12-11-20(28-15-18-7-3-1-4-8-18)13-24(21)29-16-19-9-5-2-6-10-19/h1-13,22,25-26H,14-17H2/t22-,25-,26-/m1/s1. The van der Waals surface area contributed by atoms with E-state index in [2.05, 4.69) is 0 Å². The molecule has 3 atom stereocenters. The minimum Gasteiger partial charge on any atom is -0.489 e. The van der Waals surface area contributed by atoms with E-state index in [-0.39, 0.29) is 17.8 Å². The number of ketones is 1. The fraction of sp³-hybridized carbons (Fsp3) is 0.269. The average Bonchev–Trinajstić information content (AvgIpc) is 3.26. The highest BCUT2D eigenvalue weighted by molar-refractivity contribution is 5.84. The van der Waals surface area contributed by atoms with Gasteiger partial charge in [0.25, 0.3) is 0 Å². The zero-order chi connectivity index (χ0) is 21.0. The maximum absolute atomic E-state index is 12.3. The summed E-state index contributed by atoms with van der Waals surface area (Å²) in [6.45, 7) is 1.33. The van der Waals surface area contributed by atoms with E-state index < -0.39 is 6.29 Å². The van der Waals surface area contributed by atoms with Gasteiger partial charge in [0.15, 0.2) is 5.78 Å². The number of ether oxygens (including phenoxy) is 4. The first kappa shape index (κ1) is 19.8. The van der Waals surface area contributed by atoms with Crippen molar-refractivity contribution in [2.24, 2.45) is 0 Å². The third-order valence-electron chi connectivity index (χ3n) is 5.71. The van der Waals surface area contributed by atoms with Crippen LogP contribution in [0, 0.1) is 0 Å². The van der Waals surface area contributed by atoms with Crippen molar-refractivity contribution in [2.75, 3.05) is 6.61 Å². The largest absolute Gasteiger partial charge is 0.489 e. The summed E-state index contributed by atoms with van der Waals surface area (Å²) in [5, 5.41) is 0. The Morgan fingerprint density at radius 1 is 0.839 bits per heavy atom. The van der Waals surface area contributed by atoms with E-state index in [1.54, 1.807) is 0 Å². The molecular formula is C26H24O5. The van der Waals surface area contributed by atoms with Crippen molar-refractivity contribution < 1.29 is 23.7 Å². The zero-order valence-electron chi connectivity index (χ0n) is 17.1. The molecule has 3 aromatic carbocycles. The average molecular weight is 416 g/mol. The van der Waals surface area contributed by atoms with Crippen molar-refractivity contribution in [3.8, 4) is 11.5 Å². The predicted molar refractivity (Wildman–Crippen MR) is 115 cm³/mol. The van der Waals surface area contributed by atoms with Gasteiger partial charge >= 0.3 is 0 Å². The van der Waals surface area contributed by atoms with Gasteiger partial charge in [-0.15, -0.1) is 0 Å². The molecule has 0 saturated carbocycles. The molecule has 0 aliphatic carbocycles. The van der Waals surface area contributed by atoms with Crippen molar-refractivity contribution in [1.29, 1.82) is 0 Å². The maximum Gasteiger partial charge on any atom is 0.218 e. The molecule has 5 rings (SSSR count). The molecule has 2 fully saturated rings. The van der Waals surface area contributed by atoms with E-state index >= 15 is 0 Å². The van der Waals surface area contributed by atoms with Crippen LogP contribution in [0.5, 0.6) is 11.5 Å². The van der Waals surface area contributed by atoms with Gasteiger partial charge < -0.3 is 18.9 Å². The van der Waals surface area contributed by atoms with Gasteiger partial charge in [0.05, 0.1) is 12.7 Å². The summed E-state index contributed by atoms with van der Waals surface area (Å²) < 4.78 is 23.5. The van der Waals surface area contributed by atoms with Gasteiger partial charge in [0.2, 0.25) is 6.29 Å². The summed E-state index contributed by atoms with van der Waals surface area (Å²) in [4.78, 5) is 12.3. The fourth-order valence-corrected chi connectivity index (χ4v) is 4.07. The quantitative estimate of drug-likeness (QED) is 0.562. The molecule has 0 unspecified atom stereocenters. The number of carbonyl (C=O) groups excluding carboxylic acids is 1. The maximum atomic E-state index is 12.3. The molecular weight excluding hydrogens is 392 g/mol. The molecule has 0 N–H and O–H groups in total. The first-order chi connectivity index (χ1) is 15.3. The Labute approximate surface area is 181 Å². The Kier molecular flexibility index (Phi) is 5.69. The van der Waals surface area contributed by atoms with Crippen LogP contribution in [-0.2, 0) is 27.5 Å². The van der Waals surface area contributed by atoms with E-state index in [4.69, 9.17) is 18.9 Å². The first-order valence-corrected chi connectivity index (χ1v) is 10.5. The Balaban J connectivity index is 1.39. The normalized spacial score (nSPS) is 22.3. The van der Waals surface area contributed by atoms with Gasteiger partial charge in [-0.25, -0.2) is 0 Å². The van der Waals surface area contributed by atoms with Crippen LogP contribution in [0.2, 0.25) is 0 Å². The van der Waals surface area contributed by atoms with Crippen LogP contribution < -0.4 is 9.47 Å². The smallest absolute Gasteiger partial charge is 0.218 e. The van der Waals surface area contributed by atoms with Gasteiger partial charge in [-0.3, -0.25) is 4.79 Å². The highest BCUT2D eigenvalue weighted by atomic mass is 16.7. The topological polar surface area (TPSA) is 54.0 Å². The molecule has 2 aliphatic heterocycles. The first-order valence-electron chi connectivity index (χ1n) is 10.5. The molecule has 158 valence electrons. The lowest BCUT2D eigenvalue weighted by molar-refractivity contribution is -0.154. The van der Waals surface area contributed by atoms with Crippen LogP contribution >= 0.6 is 0 Å². The molecule has 5 nitrogen and oxygen atoms in total. The number of rotatable bonds is 7. The summed E-state index contributed by atoms with van der Waals surface area (Å²) in [6, 6.07) is 25.9. The van der Waals surface area contributed by atoms with Crippen LogP contribution in [0.1, 0.15) is 29.0 Å². The third kappa shape index (κ3) is 4.48. The molecule has 2 bridgehead atoms. The Morgan fingerprint density at radius 2 is 1.52 bits per heavy atom. The lowest BCUT2D eigenvalue weighted by Gasteiger charge is -2.28. The highest BCUT2D eigenvalue weighted by Crippen LogP contribution is 2.41. The van der Waals surface area contributed by atoms with Gasteiger partial charge in [0, 0.05) is 24.0 Å². The van der Waals surface area contributed by atoms with Crippen molar-refractivity contribution in [2.45, 2.75) is 37.9 Å². The second-order valence-electron chi connectivity index (χ2n) is 7.86. The molecule has 0 aromatic heterocycles. The molecule has 2 aliphatic rings. The van der Waals surface area contributed by atoms with E-state index in [0.29, 0.717) is 32.0 Å². The van der Waals surface area contributed by atoms with Crippen LogP contribution in [0.4, 0.5) is 0 Å². The summed E-state index contributed by atoms with van der Waals surface area (Å²) >= 11 is 0. The molecule has 5 heteroatoms. The number of hydrogen-bond donors (Lipinski definition) is 0. The number of hydrogen-bond acceptors (Lipinski definition) is 5. The van der Waals surface area contributed by atoms with E-state index in [1.807, 2.05) is 78.9 Å². The van der Waals surface area contributed by atoms with Gasteiger partial charge in [-0.2, -0.15) is 0 Å². The number of fused-ring (bicyclic) bond motifs is 2. The highest BCUT2D eigenvalue weighted by Gasteiger charge is 2.44. The molecule has 2 saturated heterocycles. The lowest BCUT2D eigenvalue weighted by Crippen LogP contribution is -2.34. The van der Waals surface area contributed by atoms with E-state index in [0.717, 1.165) is 22.4 Å². The SMILES string of the molecule is O=C1C[C@H](c2ccc(OCc3ccccc3)cc2OCc2ccccc2)[C@H]2CO[C@@H]1O2. The van der Waals surface area contributed by atoms with Crippen molar-refractivity contribution >= 4 is 5.78 Å². The second kappa shape index (κ2) is 8.92. The third-order valence-corrected chi connectivity index (χ3v) is 5.71. The predicted octanol–water partition coefficient (Wildman–Crippen LogP) is 4.64. The molecule has 31 heavy (non-hydrogen) atoms.